The zero-order chi connectivity index (χ0) is 14.0. The van der Waals surface area contributed by atoms with Crippen LogP contribution in [0.25, 0.3) is 10.9 Å². The van der Waals surface area contributed by atoms with Gasteiger partial charge in [-0.15, -0.1) is 0 Å². The predicted octanol–water partition coefficient (Wildman–Crippen LogP) is 4.34. The summed E-state index contributed by atoms with van der Waals surface area (Å²) in [6, 6.07) is 7.69. The standard InChI is InChI=1S/C14H15BrN2O2/c1-14(2,3)19-13(18)17-11-8-16-10-7-5-4-6-9(10)12(11)15/h4-8H,1-3H3,(H,17,18). The monoisotopic (exact) mass is 322 g/mol. The van der Waals surface area contributed by atoms with Crippen LogP contribution in [0.15, 0.2) is 34.9 Å². The van der Waals surface area contributed by atoms with E-state index in [0.29, 0.717) is 5.69 Å². The maximum atomic E-state index is 11.7. The van der Waals surface area contributed by atoms with Crippen molar-refractivity contribution in [3.05, 3.63) is 34.9 Å². The van der Waals surface area contributed by atoms with E-state index in [1.165, 1.54) is 0 Å². The van der Waals surface area contributed by atoms with E-state index in [4.69, 9.17) is 4.74 Å². The van der Waals surface area contributed by atoms with Crippen LogP contribution in [0.4, 0.5) is 10.5 Å². The van der Waals surface area contributed by atoms with Gasteiger partial charge in [0.2, 0.25) is 0 Å². The van der Waals surface area contributed by atoms with Gasteiger partial charge in [0.1, 0.15) is 5.60 Å². The first-order valence-corrected chi connectivity index (χ1v) is 6.69. The zero-order valence-corrected chi connectivity index (χ0v) is 12.6. The van der Waals surface area contributed by atoms with Gasteiger partial charge in [0.05, 0.1) is 21.9 Å². The third kappa shape index (κ3) is 3.44. The summed E-state index contributed by atoms with van der Waals surface area (Å²) in [6.07, 6.45) is 1.11. The molecule has 2 rings (SSSR count). The Hall–Kier alpha value is -1.62. The van der Waals surface area contributed by atoms with Crippen molar-refractivity contribution in [3.8, 4) is 0 Å². The number of benzene rings is 1. The van der Waals surface area contributed by atoms with Crippen LogP contribution in [0.2, 0.25) is 0 Å². The molecule has 0 bridgehead atoms. The third-order valence-corrected chi connectivity index (χ3v) is 3.20. The van der Waals surface area contributed by atoms with Gasteiger partial charge in [0.15, 0.2) is 0 Å². The molecule has 0 atom stereocenters. The zero-order valence-electron chi connectivity index (χ0n) is 11.0. The number of nitrogens with one attached hydrogen (secondary N) is 1. The second kappa shape index (κ2) is 5.17. The van der Waals surface area contributed by atoms with Crippen LogP contribution in [0.1, 0.15) is 20.8 Å². The quantitative estimate of drug-likeness (QED) is 0.849. The Morgan fingerprint density at radius 1 is 1.32 bits per heavy atom. The molecule has 2 aromatic rings. The Morgan fingerprint density at radius 2 is 2.00 bits per heavy atom. The molecular formula is C14H15BrN2O2. The fourth-order valence-electron chi connectivity index (χ4n) is 1.61. The van der Waals surface area contributed by atoms with Gasteiger partial charge < -0.3 is 4.74 Å². The molecule has 100 valence electrons. The first kappa shape index (κ1) is 13.8. The SMILES string of the molecule is CC(C)(C)OC(=O)Nc1cnc2ccccc2c1Br. The van der Waals surface area contributed by atoms with Crippen LogP contribution in [0.3, 0.4) is 0 Å². The lowest BCUT2D eigenvalue weighted by molar-refractivity contribution is 0.0636. The number of carbonyl (C=O) groups is 1. The molecule has 0 saturated carbocycles. The largest absolute Gasteiger partial charge is 0.444 e. The number of hydrogen-bond acceptors (Lipinski definition) is 3. The topological polar surface area (TPSA) is 51.2 Å². The summed E-state index contributed by atoms with van der Waals surface area (Å²) in [7, 11) is 0. The van der Waals surface area contributed by atoms with Crippen molar-refractivity contribution in [2.75, 3.05) is 5.32 Å². The second-order valence-corrected chi connectivity index (χ2v) is 5.92. The highest BCUT2D eigenvalue weighted by Crippen LogP contribution is 2.29. The second-order valence-electron chi connectivity index (χ2n) is 5.13. The number of carbonyl (C=O) groups excluding carboxylic acids is 1. The lowest BCUT2D eigenvalue weighted by atomic mass is 10.2. The first-order chi connectivity index (χ1) is 8.87. The van der Waals surface area contributed by atoms with E-state index in [0.717, 1.165) is 15.4 Å². The molecular weight excluding hydrogens is 308 g/mol. The molecule has 1 aromatic carbocycles. The van der Waals surface area contributed by atoms with Gasteiger partial charge in [-0.25, -0.2) is 4.79 Å². The molecule has 0 spiro atoms. The highest BCUT2D eigenvalue weighted by Gasteiger charge is 2.17. The van der Waals surface area contributed by atoms with E-state index in [2.05, 4.69) is 26.2 Å². The summed E-state index contributed by atoms with van der Waals surface area (Å²) in [5.74, 6) is 0. The molecule has 0 saturated heterocycles. The minimum absolute atomic E-state index is 0.495. The Labute approximate surface area is 120 Å². The molecule has 0 fully saturated rings. The fourth-order valence-corrected chi connectivity index (χ4v) is 2.15. The average Bonchev–Trinajstić information content (AvgIpc) is 2.31. The number of pyridine rings is 1. The number of para-hydroxylation sites is 1. The minimum atomic E-state index is -0.527. The lowest BCUT2D eigenvalue weighted by Gasteiger charge is -2.20. The molecule has 0 unspecified atom stereocenters. The van der Waals surface area contributed by atoms with E-state index in [1.54, 1.807) is 6.20 Å². The van der Waals surface area contributed by atoms with Crippen LogP contribution in [-0.2, 0) is 4.74 Å². The fraction of sp³-hybridized carbons (Fsp3) is 0.286. The number of fused-ring (bicyclic) bond motifs is 1. The number of hydrogen-bond donors (Lipinski definition) is 1. The molecule has 19 heavy (non-hydrogen) atoms. The Kier molecular flexibility index (Phi) is 3.75. The molecule has 0 aliphatic rings. The van der Waals surface area contributed by atoms with Gasteiger partial charge in [-0.05, 0) is 42.8 Å². The molecule has 1 heterocycles. The number of nitrogens with zero attached hydrogens (tertiary/aromatic N) is 1. The summed E-state index contributed by atoms with van der Waals surface area (Å²) in [4.78, 5) is 16.0. The number of amides is 1. The van der Waals surface area contributed by atoms with Crippen LogP contribution in [0.5, 0.6) is 0 Å². The molecule has 1 aromatic heterocycles. The van der Waals surface area contributed by atoms with Gasteiger partial charge in [0.25, 0.3) is 0 Å². The van der Waals surface area contributed by atoms with Crippen LogP contribution < -0.4 is 5.32 Å². The summed E-state index contributed by atoms with van der Waals surface area (Å²) < 4.78 is 6.01. The molecule has 1 amide bonds. The molecule has 5 heteroatoms. The van der Waals surface area contributed by atoms with Gasteiger partial charge in [0, 0.05) is 5.39 Å². The summed E-state index contributed by atoms with van der Waals surface area (Å²) in [5.41, 5.74) is 0.929. The average molecular weight is 323 g/mol. The maximum Gasteiger partial charge on any atom is 0.412 e. The first-order valence-electron chi connectivity index (χ1n) is 5.90. The Bertz CT molecular complexity index is 620. The van der Waals surface area contributed by atoms with Crippen molar-refractivity contribution >= 4 is 38.6 Å². The minimum Gasteiger partial charge on any atom is -0.444 e. The maximum absolute atomic E-state index is 11.7. The number of aromatic nitrogens is 1. The normalized spacial score (nSPS) is 11.4. The van der Waals surface area contributed by atoms with E-state index in [1.807, 2.05) is 45.0 Å². The smallest absolute Gasteiger partial charge is 0.412 e. The predicted molar refractivity (Wildman–Crippen MR) is 79.3 cm³/mol. The molecule has 0 aliphatic heterocycles. The van der Waals surface area contributed by atoms with E-state index >= 15 is 0 Å². The Balaban J connectivity index is 2.26. The number of halogens is 1. The van der Waals surface area contributed by atoms with Gasteiger partial charge in [-0.2, -0.15) is 0 Å². The molecule has 0 aliphatic carbocycles. The van der Waals surface area contributed by atoms with Crippen LogP contribution >= 0.6 is 15.9 Å². The van der Waals surface area contributed by atoms with Gasteiger partial charge in [-0.1, -0.05) is 18.2 Å². The van der Waals surface area contributed by atoms with E-state index < -0.39 is 11.7 Å². The number of anilines is 1. The molecule has 1 N–H and O–H groups in total. The van der Waals surface area contributed by atoms with Crippen molar-refractivity contribution in [2.24, 2.45) is 0 Å². The van der Waals surface area contributed by atoms with Crippen molar-refractivity contribution in [1.82, 2.24) is 4.98 Å². The number of ether oxygens (including phenoxy) is 1. The van der Waals surface area contributed by atoms with Crippen molar-refractivity contribution in [2.45, 2.75) is 26.4 Å². The summed E-state index contributed by atoms with van der Waals surface area (Å²) >= 11 is 3.48. The highest BCUT2D eigenvalue weighted by molar-refractivity contribution is 9.10. The van der Waals surface area contributed by atoms with E-state index in [-0.39, 0.29) is 0 Å². The van der Waals surface area contributed by atoms with Crippen LogP contribution in [-0.4, -0.2) is 16.7 Å². The lowest BCUT2D eigenvalue weighted by Crippen LogP contribution is -2.27. The van der Waals surface area contributed by atoms with Crippen molar-refractivity contribution in [1.29, 1.82) is 0 Å². The summed E-state index contributed by atoms with van der Waals surface area (Å²) in [5, 5.41) is 3.63. The highest BCUT2D eigenvalue weighted by atomic mass is 79.9. The van der Waals surface area contributed by atoms with Crippen LogP contribution in [0, 0.1) is 0 Å². The molecule has 0 radical (unpaired) electrons. The van der Waals surface area contributed by atoms with Gasteiger partial charge >= 0.3 is 6.09 Å². The molecule has 4 nitrogen and oxygen atoms in total. The summed E-state index contributed by atoms with van der Waals surface area (Å²) in [6.45, 7) is 5.46. The van der Waals surface area contributed by atoms with E-state index in [9.17, 15) is 4.79 Å². The van der Waals surface area contributed by atoms with Crippen molar-refractivity contribution < 1.29 is 9.53 Å². The third-order valence-electron chi connectivity index (χ3n) is 2.35. The van der Waals surface area contributed by atoms with Crippen molar-refractivity contribution in [3.63, 3.8) is 0 Å². The van der Waals surface area contributed by atoms with Gasteiger partial charge in [-0.3, -0.25) is 10.3 Å². The Morgan fingerprint density at radius 3 is 2.68 bits per heavy atom. The number of rotatable bonds is 1.